The molecule has 0 aliphatic carbocycles. The third-order valence-corrected chi connectivity index (χ3v) is 4.12. The first-order valence-corrected chi connectivity index (χ1v) is 7.20. The highest BCUT2D eigenvalue weighted by Gasteiger charge is 2.45. The van der Waals surface area contributed by atoms with Gasteiger partial charge in [-0.25, -0.2) is 4.79 Å². The van der Waals surface area contributed by atoms with Crippen LogP contribution in [0.5, 0.6) is 0 Å². The second-order valence-electron chi connectivity index (χ2n) is 5.64. The fraction of sp³-hybridized carbons (Fsp3) is 0.500. The number of hydrogen-bond donors (Lipinski definition) is 2. The molecule has 4 rings (SSSR count). The number of hydrogen-bond acceptors (Lipinski definition) is 7. The van der Waals surface area contributed by atoms with Gasteiger partial charge in [-0.15, -0.1) is 5.10 Å². The van der Waals surface area contributed by atoms with Crippen LogP contribution in [0.3, 0.4) is 0 Å². The van der Waals surface area contributed by atoms with Crippen LogP contribution in [0, 0.1) is 0 Å². The van der Waals surface area contributed by atoms with Crippen LogP contribution < -0.4 is 5.32 Å². The normalized spacial score (nSPS) is 23.8. The highest BCUT2D eigenvalue weighted by Crippen LogP contribution is 2.29. The maximum absolute atomic E-state index is 12.8. The number of carbonyl (C=O) groups is 2. The predicted molar refractivity (Wildman–Crippen MR) is 73.7 cm³/mol. The van der Waals surface area contributed by atoms with E-state index < -0.39 is 11.7 Å². The van der Waals surface area contributed by atoms with Gasteiger partial charge in [0.05, 0.1) is 19.3 Å². The van der Waals surface area contributed by atoms with Gasteiger partial charge in [0.25, 0.3) is 5.91 Å². The lowest BCUT2D eigenvalue weighted by atomic mass is 9.92. The number of aromatic nitrogens is 6. The van der Waals surface area contributed by atoms with Gasteiger partial charge in [-0.05, 0) is 23.3 Å². The highest BCUT2D eigenvalue weighted by molar-refractivity contribution is 5.97. The molecule has 2 aliphatic rings. The van der Waals surface area contributed by atoms with E-state index in [4.69, 9.17) is 4.74 Å². The molecule has 4 heterocycles. The minimum atomic E-state index is -0.635. The van der Waals surface area contributed by atoms with E-state index in [0.717, 1.165) is 12.8 Å². The second-order valence-corrected chi connectivity index (χ2v) is 5.64. The number of ether oxygens (including phenoxy) is 1. The summed E-state index contributed by atoms with van der Waals surface area (Å²) in [6.45, 7) is 1.37. The van der Waals surface area contributed by atoms with Gasteiger partial charge in [0.2, 0.25) is 0 Å². The molecule has 2 aromatic heterocycles. The summed E-state index contributed by atoms with van der Waals surface area (Å²) in [5.41, 5.74) is -0.268. The molecule has 2 amide bonds. The minimum Gasteiger partial charge on any atom is -0.439 e. The Kier molecular flexibility index (Phi) is 2.99. The van der Waals surface area contributed by atoms with Crippen molar-refractivity contribution in [1.82, 2.24) is 40.6 Å². The first-order valence-electron chi connectivity index (χ1n) is 7.20. The van der Waals surface area contributed by atoms with Crippen LogP contribution in [0.15, 0.2) is 12.5 Å². The van der Waals surface area contributed by atoms with Crippen LogP contribution in [-0.4, -0.2) is 72.5 Å². The Balaban J connectivity index is 1.58. The summed E-state index contributed by atoms with van der Waals surface area (Å²) in [5.74, 6) is 0.201. The van der Waals surface area contributed by atoms with Crippen molar-refractivity contribution in [3.63, 3.8) is 0 Å². The Bertz CT molecular complexity index is 741. The predicted octanol–water partition coefficient (Wildman–Crippen LogP) is -0.900. The topological polar surface area (TPSA) is 131 Å². The Morgan fingerprint density at radius 1 is 1.43 bits per heavy atom. The van der Waals surface area contributed by atoms with Crippen molar-refractivity contribution < 1.29 is 14.3 Å². The molecule has 0 unspecified atom stereocenters. The van der Waals surface area contributed by atoms with Gasteiger partial charge in [0.15, 0.2) is 5.82 Å². The average molecular weight is 318 g/mol. The summed E-state index contributed by atoms with van der Waals surface area (Å²) in [7, 11) is 0. The fourth-order valence-corrected chi connectivity index (χ4v) is 3.05. The molecule has 2 saturated heterocycles. The number of nitrogens with zero attached hydrogens (tertiary/aromatic N) is 6. The number of amides is 2. The summed E-state index contributed by atoms with van der Waals surface area (Å²) < 4.78 is 6.73. The van der Waals surface area contributed by atoms with E-state index >= 15 is 0 Å². The quantitative estimate of drug-likeness (QED) is 0.733. The maximum atomic E-state index is 12.8. The average Bonchev–Trinajstić information content (AvgIpc) is 3.27. The second kappa shape index (κ2) is 5.04. The minimum absolute atomic E-state index is 0.203. The van der Waals surface area contributed by atoms with Gasteiger partial charge in [-0.3, -0.25) is 9.89 Å². The maximum Gasteiger partial charge on any atom is 0.407 e. The zero-order valence-corrected chi connectivity index (χ0v) is 12.1. The van der Waals surface area contributed by atoms with E-state index in [1.165, 1.54) is 17.2 Å². The van der Waals surface area contributed by atoms with Gasteiger partial charge in [0, 0.05) is 6.54 Å². The Hall–Kier alpha value is -2.98. The van der Waals surface area contributed by atoms with Crippen LogP contribution >= 0.6 is 0 Å². The van der Waals surface area contributed by atoms with Crippen molar-refractivity contribution in [3.05, 3.63) is 18.1 Å². The molecule has 0 bridgehead atoms. The van der Waals surface area contributed by atoms with E-state index in [1.807, 2.05) is 0 Å². The largest absolute Gasteiger partial charge is 0.439 e. The number of rotatable bonds is 2. The number of tetrazole rings is 1. The molecule has 2 aliphatic heterocycles. The standard InChI is InChI=1S/C12H14N8O3/c21-10(8-4-14-16-9(8)20-7-15-17-18-20)19-3-1-2-12(6-19)5-13-11(22)23-12/h4,7H,1-3,5-6H2,(H,13,22)(H,14,16)/t12-/m0/s1. The summed E-state index contributed by atoms with van der Waals surface area (Å²) in [6.07, 6.45) is 3.89. The van der Waals surface area contributed by atoms with Crippen LogP contribution in [0.1, 0.15) is 23.2 Å². The molecule has 23 heavy (non-hydrogen) atoms. The molecule has 2 fully saturated rings. The summed E-state index contributed by atoms with van der Waals surface area (Å²) >= 11 is 0. The summed E-state index contributed by atoms with van der Waals surface area (Å²) in [6, 6.07) is 0. The van der Waals surface area contributed by atoms with Crippen LogP contribution in [0.2, 0.25) is 0 Å². The Morgan fingerprint density at radius 2 is 2.35 bits per heavy atom. The molecule has 2 N–H and O–H groups in total. The smallest absolute Gasteiger partial charge is 0.407 e. The number of likely N-dealkylation sites (tertiary alicyclic amines) is 1. The van der Waals surface area contributed by atoms with E-state index in [-0.39, 0.29) is 5.91 Å². The van der Waals surface area contributed by atoms with E-state index in [1.54, 1.807) is 4.90 Å². The van der Waals surface area contributed by atoms with Crippen molar-refractivity contribution in [2.24, 2.45) is 0 Å². The number of alkyl carbamates (subject to hydrolysis) is 1. The van der Waals surface area contributed by atoms with Gasteiger partial charge in [0.1, 0.15) is 17.5 Å². The molecule has 11 nitrogen and oxygen atoms in total. The number of H-pyrrole nitrogens is 1. The Morgan fingerprint density at radius 3 is 3.09 bits per heavy atom. The molecular formula is C12H14N8O3. The molecule has 120 valence electrons. The van der Waals surface area contributed by atoms with Crippen LogP contribution in [0.25, 0.3) is 5.82 Å². The summed E-state index contributed by atoms with van der Waals surface area (Å²) in [4.78, 5) is 25.8. The molecule has 0 radical (unpaired) electrons. The molecular weight excluding hydrogens is 304 g/mol. The van der Waals surface area contributed by atoms with Crippen molar-refractivity contribution in [2.45, 2.75) is 18.4 Å². The molecule has 2 aromatic rings. The van der Waals surface area contributed by atoms with Gasteiger partial charge in [-0.2, -0.15) is 9.78 Å². The zero-order valence-electron chi connectivity index (χ0n) is 12.1. The monoisotopic (exact) mass is 318 g/mol. The lowest BCUT2D eigenvalue weighted by Crippen LogP contribution is -2.52. The highest BCUT2D eigenvalue weighted by atomic mass is 16.6. The fourth-order valence-electron chi connectivity index (χ4n) is 3.05. The van der Waals surface area contributed by atoms with E-state index in [2.05, 4.69) is 31.0 Å². The van der Waals surface area contributed by atoms with Crippen molar-refractivity contribution in [1.29, 1.82) is 0 Å². The lowest BCUT2D eigenvalue weighted by Gasteiger charge is -2.38. The number of nitrogens with one attached hydrogen (secondary N) is 2. The summed E-state index contributed by atoms with van der Waals surface area (Å²) in [5, 5.41) is 20.2. The molecule has 1 spiro atoms. The van der Waals surface area contributed by atoms with Crippen molar-refractivity contribution in [3.8, 4) is 5.82 Å². The van der Waals surface area contributed by atoms with Gasteiger partial charge < -0.3 is 15.0 Å². The van der Waals surface area contributed by atoms with E-state index in [9.17, 15) is 9.59 Å². The first kappa shape index (κ1) is 13.7. The SMILES string of the molecule is O=C1NC[C@]2(CCCN(C(=O)c3cn[nH]c3-n3cnnn3)C2)O1. The van der Waals surface area contributed by atoms with Gasteiger partial charge in [-0.1, -0.05) is 0 Å². The Labute approximate surface area is 130 Å². The molecule has 1 atom stereocenters. The van der Waals surface area contributed by atoms with Crippen molar-refractivity contribution in [2.75, 3.05) is 19.6 Å². The third kappa shape index (κ3) is 2.29. The molecule has 0 aromatic carbocycles. The van der Waals surface area contributed by atoms with Gasteiger partial charge >= 0.3 is 6.09 Å². The molecule has 0 saturated carbocycles. The van der Waals surface area contributed by atoms with Crippen LogP contribution in [0.4, 0.5) is 4.79 Å². The van der Waals surface area contributed by atoms with E-state index in [0.29, 0.717) is 31.0 Å². The molecule has 11 heteroatoms. The lowest BCUT2D eigenvalue weighted by molar-refractivity contribution is -0.00504. The zero-order chi connectivity index (χ0) is 15.9. The number of piperidine rings is 1. The third-order valence-electron chi connectivity index (χ3n) is 4.12. The number of carbonyl (C=O) groups excluding carboxylic acids is 2. The number of aromatic amines is 1. The first-order chi connectivity index (χ1) is 11.2. The van der Waals surface area contributed by atoms with Crippen molar-refractivity contribution >= 4 is 12.0 Å². The van der Waals surface area contributed by atoms with Crippen LogP contribution in [-0.2, 0) is 4.74 Å².